The molecular formula is C11H21Cl2O2SiZr-. The second kappa shape index (κ2) is 10.8. The van der Waals surface area contributed by atoms with Crippen molar-refractivity contribution < 1.29 is 30.1 Å². The van der Waals surface area contributed by atoms with E-state index in [1.54, 1.807) is 13.1 Å². The third-order valence-electron chi connectivity index (χ3n) is 1.11. The van der Waals surface area contributed by atoms with Crippen LogP contribution < -0.4 is 0 Å². The van der Waals surface area contributed by atoms with Gasteiger partial charge < -0.3 is 9.22 Å². The van der Waals surface area contributed by atoms with Crippen LogP contribution in [-0.2, 0) is 25.3 Å². The second-order valence-corrected chi connectivity index (χ2v) is 11.5. The molecule has 0 amide bonds. The first-order chi connectivity index (χ1) is 7.62. The van der Waals surface area contributed by atoms with Gasteiger partial charge in [0.2, 0.25) is 0 Å². The molecule has 17 heavy (non-hydrogen) atoms. The fraction of sp³-hybridized carbons (Fsp3) is 0.545. The summed E-state index contributed by atoms with van der Waals surface area (Å²) in [6.45, 7) is 9.35. The zero-order valence-electron chi connectivity index (χ0n) is 11.0. The Morgan fingerprint density at radius 2 is 1.53 bits per heavy atom. The van der Waals surface area contributed by atoms with Gasteiger partial charge in [-0.3, -0.25) is 0 Å². The maximum absolute atomic E-state index is 9.27. The van der Waals surface area contributed by atoms with Gasteiger partial charge in [-0.25, -0.2) is 12.1 Å². The average Bonchev–Trinajstić information content (AvgIpc) is 2.52. The van der Waals surface area contributed by atoms with Gasteiger partial charge >= 0.3 is 46.4 Å². The van der Waals surface area contributed by atoms with E-state index in [4.69, 9.17) is 21.5 Å². The van der Waals surface area contributed by atoms with Crippen molar-refractivity contribution in [2.24, 2.45) is 0 Å². The maximum atomic E-state index is 9.27. The molecule has 0 heterocycles. The molecule has 1 aromatic carbocycles. The molecule has 0 saturated carbocycles. The first-order valence-corrected chi connectivity index (χ1v) is 14.4. The Hall–Kier alpha value is 0.950. The van der Waals surface area contributed by atoms with Crippen LogP contribution in [0.15, 0.2) is 30.3 Å². The standard InChI is InChI=1S/C6H16O2Si.C5H5.2ClH.Zr/c1-6(2,3)8-9(4,5)7;1-2-4-5-3-1;;;/h7H,1-5H3;1-5H;2*1H;/q;-1;;;+2/p-2. The second-order valence-electron chi connectivity index (χ2n) is 4.69. The summed E-state index contributed by atoms with van der Waals surface area (Å²) in [6, 6.07) is 10.0. The van der Waals surface area contributed by atoms with Crippen LogP contribution in [0.1, 0.15) is 20.8 Å². The summed E-state index contributed by atoms with van der Waals surface area (Å²) in [5.74, 6) is 0. The van der Waals surface area contributed by atoms with Gasteiger partial charge in [-0.15, -0.1) is 0 Å². The zero-order chi connectivity index (χ0) is 13.9. The summed E-state index contributed by atoms with van der Waals surface area (Å²) in [5, 5.41) is 0. The van der Waals surface area contributed by atoms with Crippen molar-refractivity contribution in [3.63, 3.8) is 0 Å². The molecule has 0 aliphatic heterocycles. The summed E-state index contributed by atoms with van der Waals surface area (Å²) in [4.78, 5) is 9.27. The topological polar surface area (TPSA) is 29.5 Å². The third-order valence-corrected chi connectivity index (χ3v) is 2.22. The van der Waals surface area contributed by atoms with E-state index in [-0.39, 0.29) is 5.60 Å². The Morgan fingerprint density at radius 3 is 1.59 bits per heavy atom. The number of halogens is 2. The van der Waals surface area contributed by atoms with Crippen molar-refractivity contribution in [3.8, 4) is 0 Å². The van der Waals surface area contributed by atoms with Gasteiger partial charge in [0.1, 0.15) is 0 Å². The first-order valence-electron chi connectivity index (χ1n) is 5.18. The van der Waals surface area contributed by atoms with Gasteiger partial charge in [0.15, 0.2) is 0 Å². The smallest absolute Gasteiger partial charge is 0.172 e. The van der Waals surface area contributed by atoms with Crippen LogP contribution in [0.5, 0.6) is 0 Å². The largest absolute Gasteiger partial charge is 0.214 e. The monoisotopic (exact) mass is 373 g/mol. The van der Waals surface area contributed by atoms with Crippen LogP contribution in [0.25, 0.3) is 0 Å². The minimum atomic E-state index is -2.29. The number of hydrogen-bond acceptors (Lipinski definition) is 2. The molecule has 0 aliphatic carbocycles. The van der Waals surface area contributed by atoms with Crippen molar-refractivity contribution in [1.29, 1.82) is 0 Å². The molecule has 1 N–H and O–H groups in total. The summed E-state index contributed by atoms with van der Waals surface area (Å²) in [7, 11) is 7.58. The molecule has 1 rings (SSSR count). The molecule has 1 aromatic rings. The Balaban J connectivity index is 0. The van der Waals surface area contributed by atoms with Gasteiger partial charge in [0.25, 0.3) is 0 Å². The van der Waals surface area contributed by atoms with Crippen LogP contribution in [0.3, 0.4) is 0 Å². The predicted octanol–water partition coefficient (Wildman–Crippen LogP) is 4.28. The number of rotatable bonds is 1. The summed E-state index contributed by atoms with van der Waals surface area (Å²) in [6.07, 6.45) is 0. The van der Waals surface area contributed by atoms with Crippen molar-refractivity contribution in [1.82, 2.24) is 0 Å². The molecule has 0 bridgehead atoms. The molecule has 0 atom stereocenters. The Morgan fingerprint density at radius 1 is 1.18 bits per heavy atom. The van der Waals surface area contributed by atoms with Crippen LogP contribution in [0.4, 0.5) is 0 Å². The van der Waals surface area contributed by atoms with E-state index in [2.05, 4.69) is 0 Å². The first kappa shape index (κ1) is 20.3. The third kappa shape index (κ3) is 26.5. The number of hydrogen-bond donors (Lipinski definition) is 1. The Kier molecular flexibility index (Phi) is 12.9. The van der Waals surface area contributed by atoms with E-state index in [9.17, 15) is 4.80 Å². The van der Waals surface area contributed by atoms with Crippen molar-refractivity contribution in [2.45, 2.75) is 39.5 Å². The predicted molar refractivity (Wildman–Crippen MR) is 74.3 cm³/mol. The minimum Gasteiger partial charge on any atom is -0.214 e. The maximum Gasteiger partial charge on any atom is -0.172 e. The molecular weight excluding hydrogens is 354 g/mol. The van der Waals surface area contributed by atoms with E-state index in [1.165, 1.54) is 0 Å². The summed E-state index contributed by atoms with van der Waals surface area (Å²) < 4.78 is 5.32. The molecule has 0 unspecified atom stereocenters. The van der Waals surface area contributed by atoms with Crippen LogP contribution in [0, 0.1) is 0 Å². The summed E-state index contributed by atoms with van der Waals surface area (Å²) >= 11 is -0.826. The quantitative estimate of drug-likeness (QED) is 0.586. The van der Waals surface area contributed by atoms with Gasteiger partial charge in [0.05, 0.1) is 5.60 Å². The SMILES string of the molecule is CC(C)(C)O[Si](C)(C)O.[Cl][Zr][Cl].c1cc[cH-]c1. The van der Waals surface area contributed by atoms with E-state index in [0.717, 1.165) is 0 Å². The molecule has 2 nitrogen and oxygen atoms in total. The molecule has 0 aliphatic rings. The molecule has 0 fully saturated rings. The van der Waals surface area contributed by atoms with Gasteiger partial charge in [0, 0.05) is 0 Å². The van der Waals surface area contributed by atoms with Gasteiger partial charge in [-0.05, 0) is 33.9 Å². The molecule has 0 spiro atoms. The van der Waals surface area contributed by atoms with E-state index < -0.39 is 29.4 Å². The van der Waals surface area contributed by atoms with Gasteiger partial charge in [-0.1, -0.05) is 0 Å². The summed E-state index contributed by atoms with van der Waals surface area (Å²) in [5.41, 5.74) is -0.204. The van der Waals surface area contributed by atoms with E-state index in [0.29, 0.717) is 0 Å². The van der Waals surface area contributed by atoms with Crippen molar-refractivity contribution in [2.75, 3.05) is 0 Å². The Bertz CT molecular complexity index is 214. The zero-order valence-corrected chi connectivity index (χ0v) is 16.0. The van der Waals surface area contributed by atoms with Crippen molar-refractivity contribution >= 4 is 25.6 Å². The molecule has 0 radical (unpaired) electrons. The molecule has 0 aromatic heterocycles. The van der Waals surface area contributed by atoms with Crippen LogP contribution in [-0.4, -0.2) is 19.0 Å². The van der Waals surface area contributed by atoms with Gasteiger partial charge in [-0.2, -0.15) is 18.2 Å². The normalized spacial score (nSPS) is 10.6. The Labute approximate surface area is 125 Å². The fourth-order valence-corrected chi connectivity index (χ4v) is 2.57. The molecule has 100 valence electrons. The van der Waals surface area contributed by atoms with E-state index >= 15 is 0 Å². The fourth-order valence-electron chi connectivity index (χ4n) is 1.07. The molecule has 6 heteroatoms. The van der Waals surface area contributed by atoms with Crippen molar-refractivity contribution in [3.05, 3.63) is 30.3 Å². The average molecular weight is 376 g/mol. The van der Waals surface area contributed by atoms with E-state index in [1.807, 2.05) is 51.1 Å². The molecule has 0 saturated heterocycles. The van der Waals surface area contributed by atoms with Crippen LogP contribution in [0.2, 0.25) is 13.1 Å². The van der Waals surface area contributed by atoms with Crippen LogP contribution >= 0.6 is 17.0 Å². The minimum absolute atomic E-state index is 0.204.